The van der Waals surface area contributed by atoms with Gasteiger partial charge in [0.25, 0.3) is 0 Å². The molecule has 3 nitrogen and oxygen atoms in total. The third kappa shape index (κ3) is 6.01. The van der Waals surface area contributed by atoms with Crippen molar-refractivity contribution in [2.24, 2.45) is 16.5 Å². The van der Waals surface area contributed by atoms with Crippen molar-refractivity contribution in [1.82, 2.24) is 0 Å². The van der Waals surface area contributed by atoms with E-state index < -0.39 is 0 Å². The molecule has 0 unspecified atom stereocenters. The summed E-state index contributed by atoms with van der Waals surface area (Å²) in [5.41, 5.74) is 11.8. The molecule has 0 bridgehead atoms. The summed E-state index contributed by atoms with van der Waals surface area (Å²) in [6.45, 7) is 0.726. The molecule has 0 aliphatic rings. The van der Waals surface area contributed by atoms with Crippen molar-refractivity contribution in [2.45, 2.75) is 12.2 Å². The molecule has 0 heterocycles. The minimum atomic E-state index is 0.183. The van der Waals surface area contributed by atoms with Gasteiger partial charge in [-0.25, -0.2) is 0 Å². The number of hydrogen-bond donors (Lipinski definition) is 2. The zero-order valence-electron chi connectivity index (χ0n) is 8.73. The van der Waals surface area contributed by atoms with Gasteiger partial charge < -0.3 is 11.5 Å². The highest BCUT2D eigenvalue weighted by atomic mass is 32.2. The highest BCUT2D eigenvalue weighted by molar-refractivity contribution is 7.98. The van der Waals surface area contributed by atoms with E-state index in [-0.39, 0.29) is 5.96 Å². The van der Waals surface area contributed by atoms with Crippen LogP contribution in [0.4, 0.5) is 0 Å². The summed E-state index contributed by atoms with van der Waals surface area (Å²) < 4.78 is 0. The Morgan fingerprint density at radius 3 is 2.60 bits per heavy atom. The molecule has 1 aromatic carbocycles. The Morgan fingerprint density at radius 1 is 1.20 bits per heavy atom. The second kappa shape index (κ2) is 7.17. The highest BCUT2D eigenvalue weighted by Gasteiger charge is 1.92. The topological polar surface area (TPSA) is 64.4 Å². The number of guanidine groups is 1. The first-order valence-corrected chi connectivity index (χ1v) is 6.11. The van der Waals surface area contributed by atoms with Crippen molar-refractivity contribution >= 4 is 17.7 Å². The zero-order chi connectivity index (χ0) is 10.9. The van der Waals surface area contributed by atoms with E-state index in [0.29, 0.717) is 0 Å². The fourth-order valence-corrected chi connectivity index (χ4v) is 2.04. The lowest BCUT2D eigenvalue weighted by Gasteiger charge is -2.00. The van der Waals surface area contributed by atoms with Gasteiger partial charge in [0.15, 0.2) is 5.96 Å². The largest absolute Gasteiger partial charge is 0.370 e. The molecule has 1 rings (SSSR count). The van der Waals surface area contributed by atoms with Crippen LogP contribution in [0.1, 0.15) is 12.0 Å². The molecule has 15 heavy (non-hydrogen) atoms. The van der Waals surface area contributed by atoms with Crippen molar-refractivity contribution in [2.75, 3.05) is 12.3 Å². The Balaban J connectivity index is 2.05. The normalized spacial score (nSPS) is 9.87. The molecule has 82 valence electrons. The molecule has 4 heteroatoms. The van der Waals surface area contributed by atoms with E-state index in [1.54, 1.807) is 0 Å². The van der Waals surface area contributed by atoms with Gasteiger partial charge in [0.05, 0.1) is 0 Å². The van der Waals surface area contributed by atoms with E-state index in [0.717, 1.165) is 24.5 Å². The van der Waals surface area contributed by atoms with Crippen molar-refractivity contribution < 1.29 is 0 Å². The standard InChI is InChI=1S/C11H17N3S/c12-11(13)14-7-4-8-15-9-10-5-2-1-3-6-10/h1-3,5-6H,4,7-9H2,(H4,12,13,14). The first-order chi connectivity index (χ1) is 7.29. The average molecular weight is 223 g/mol. The summed E-state index contributed by atoms with van der Waals surface area (Å²) in [6.07, 6.45) is 1.02. The molecule has 0 saturated carbocycles. The van der Waals surface area contributed by atoms with Gasteiger partial charge in [0.1, 0.15) is 0 Å². The van der Waals surface area contributed by atoms with E-state index in [1.807, 2.05) is 17.8 Å². The van der Waals surface area contributed by atoms with Gasteiger partial charge in [0.2, 0.25) is 0 Å². The summed E-state index contributed by atoms with van der Waals surface area (Å²) >= 11 is 1.91. The van der Waals surface area contributed by atoms with Gasteiger partial charge in [-0.1, -0.05) is 30.3 Å². The number of aliphatic imine (C=N–C) groups is 1. The van der Waals surface area contributed by atoms with E-state index in [9.17, 15) is 0 Å². The van der Waals surface area contributed by atoms with Gasteiger partial charge in [-0.15, -0.1) is 0 Å². The second-order valence-electron chi connectivity index (χ2n) is 3.20. The lowest BCUT2D eigenvalue weighted by atomic mass is 10.2. The third-order valence-electron chi connectivity index (χ3n) is 1.85. The number of nitrogens with zero attached hydrogens (tertiary/aromatic N) is 1. The zero-order valence-corrected chi connectivity index (χ0v) is 9.54. The maximum absolute atomic E-state index is 5.22. The Morgan fingerprint density at radius 2 is 1.93 bits per heavy atom. The molecule has 0 saturated heterocycles. The van der Waals surface area contributed by atoms with Crippen LogP contribution in [-0.2, 0) is 5.75 Å². The highest BCUT2D eigenvalue weighted by Crippen LogP contribution is 2.12. The molecule has 0 spiro atoms. The minimum absolute atomic E-state index is 0.183. The molecular weight excluding hydrogens is 206 g/mol. The molecular formula is C11H17N3S. The molecule has 1 aromatic rings. The summed E-state index contributed by atoms with van der Waals surface area (Å²) in [5, 5.41) is 0. The van der Waals surface area contributed by atoms with Gasteiger partial charge in [-0.3, -0.25) is 4.99 Å². The molecule has 0 radical (unpaired) electrons. The Hall–Kier alpha value is -1.16. The van der Waals surface area contributed by atoms with Crippen LogP contribution >= 0.6 is 11.8 Å². The number of nitrogens with two attached hydrogens (primary N) is 2. The number of thioether (sulfide) groups is 1. The summed E-state index contributed by atoms with van der Waals surface area (Å²) in [6, 6.07) is 10.4. The van der Waals surface area contributed by atoms with Crippen LogP contribution in [0.3, 0.4) is 0 Å². The van der Waals surface area contributed by atoms with Gasteiger partial charge in [0, 0.05) is 12.3 Å². The summed E-state index contributed by atoms with van der Waals surface area (Å²) in [5.74, 6) is 2.33. The maximum Gasteiger partial charge on any atom is 0.185 e. The minimum Gasteiger partial charge on any atom is -0.370 e. The van der Waals surface area contributed by atoms with E-state index in [2.05, 4.69) is 29.3 Å². The van der Waals surface area contributed by atoms with Crippen LogP contribution in [0.2, 0.25) is 0 Å². The number of hydrogen-bond acceptors (Lipinski definition) is 2. The van der Waals surface area contributed by atoms with Gasteiger partial charge >= 0.3 is 0 Å². The Kier molecular flexibility index (Phi) is 5.70. The van der Waals surface area contributed by atoms with Gasteiger partial charge in [-0.2, -0.15) is 11.8 Å². The molecule has 0 aromatic heterocycles. The Labute approximate surface area is 95.0 Å². The van der Waals surface area contributed by atoms with Crippen LogP contribution in [0.15, 0.2) is 35.3 Å². The van der Waals surface area contributed by atoms with Crippen LogP contribution in [0.5, 0.6) is 0 Å². The van der Waals surface area contributed by atoms with Crippen molar-refractivity contribution in [3.63, 3.8) is 0 Å². The van der Waals surface area contributed by atoms with Crippen molar-refractivity contribution in [3.8, 4) is 0 Å². The number of rotatable bonds is 6. The van der Waals surface area contributed by atoms with Crippen LogP contribution in [-0.4, -0.2) is 18.3 Å². The van der Waals surface area contributed by atoms with E-state index >= 15 is 0 Å². The molecule has 0 atom stereocenters. The molecule has 0 aliphatic carbocycles. The molecule has 0 amide bonds. The summed E-state index contributed by atoms with van der Waals surface area (Å²) in [4.78, 5) is 3.93. The first-order valence-electron chi connectivity index (χ1n) is 4.96. The summed E-state index contributed by atoms with van der Waals surface area (Å²) in [7, 11) is 0. The second-order valence-corrected chi connectivity index (χ2v) is 4.30. The molecule has 0 aliphatic heterocycles. The number of benzene rings is 1. The lowest BCUT2D eigenvalue weighted by molar-refractivity contribution is 0.937. The van der Waals surface area contributed by atoms with E-state index in [1.165, 1.54) is 5.56 Å². The predicted octanol–water partition coefficient (Wildman–Crippen LogP) is 1.58. The fraction of sp³-hybridized carbons (Fsp3) is 0.364. The van der Waals surface area contributed by atoms with Crippen molar-refractivity contribution in [3.05, 3.63) is 35.9 Å². The SMILES string of the molecule is NC(N)=NCCCSCc1ccccc1. The van der Waals surface area contributed by atoms with Gasteiger partial charge in [-0.05, 0) is 17.7 Å². The fourth-order valence-electron chi connectivity index (χ4n) is 1.14. The first kappa shape index (κ1) is 11.9. The smallest absolute Gasteiger partial charge is 0.185 e. The Bertz CT molecular complexity index is 294. The monoisotopic (exact) mass is 223 g/mol. The molecule has 0 fully saturated rings. The maximum atomic E-state index is 5.22. The van der Waals surface area contributed by atoms with Crippen LogP contribution in [0, 0.1) is 0 Å². The quantitative estimate of drug-likeness (QED) is 0.437. The third-order valence-corrected chi connectivity index (χ3v) is 2.97. The van der Waals surface area contributed by atoms with Crippen LogP contribution in [0.25, 0.3) is 0 Å². The van der Waals surface area contributed by atoms with Crippen LogP contribution < -0.4 is 11.5 Å². The molecule has 4 N–H and O–H groups in total. The van der Waals surface area contributed by atoms with Crippen molar-refractivity contribution in [1.29, 1.82) is 0 Å². The van der Waals surface area contributed by atoms with E-state index in [4.69, 9.17) is 11.5 Å². The lowest BCUT2D eigenvalue weighted by Crippen LogP contribution is -2.23. The predicted molar refractivity (Wildman–Crippen MR) is 67.9 cm³/mol. The average Bonchev–Trinajstić information content (AvgIpc) is 2.24.